The van der Waals surface area contributed by atoms with Crippen molar-refractivity contribution in [1.82, 2.24) is 5.48 Å². The molecule has 1 aromatic carbocycles. The van der Waals surface area contributed by atoms with Crippen molar-refractivity contribution in [2.75, 3.05) is 11.9 Å². The van der Waals surface area contributed by atoms with E-state index in [0.29, 0.717) is 17.2 Å². The van der Waals surface area contributed by atoms with Crippen molar-refractivity contribution in [3.8, 4) is 0 Å². The summed E-state index contributed by atoms with van der Waals surface area (Å²) in [6.45, 7) is 2.02. The maximum absolute atomic E-state index is 11.3. The molecule has 19 heavy (non-hydrogen) atoms. The molecule has 0 fully saturated rings. The van der Waals surface area contributed by atoms with Crippen molar-refractivity contribution in [2.45, 2.75) is 6.92 Å². The zero-order valence-electron chi connectivity index (χ0n) is 10.1. The number of rotatable bonds is 3. The molecule has 2 amide bonds. The summed E-state index contributed by atoms with van der Waals surface area (Å²) < 4.78 is 5.66. The van der Waals surface area contributed by atoms with Gasteiger partial charge in [-0.15, -0.1) is 11.3 Å². The molecule has 1 aromatic heterocycles. The fourth-order valence-electron chi connectivity index (χ4n) is 1.57. The van der Waals surface area contributed by atoms with Gasteiger partial charge in [0.1, 0.15) is 0 Å². The molecule has 0 saturated carbocycles. The molecule has 0 aliphatic rings. The number of ether oxygens (including phenoxy) is 1. The first-order valence-corrected chi connectivity index (χ1v) is 6.37. The van der Waals surface area contributed by atoms with E-state index >= 15 is 0 Å². The Morgan fingerprint density at radius 2 is 2.16 bits per heavy atom. The highest BCUT2D eigenvalue weighted by atomic mass is 32.1. The van der Waals surface area contributed by atoms with Gasteiger partial charge in [-0.05, 0) is 36.6 Å². The summed E-state index contributed by atoms with van der Waals surface area (Å²) >= 11 is 1.25. The van der Waals surface area contributed by atoms with E-state index in [1.807, 2.05) is 0 Å². The van der Waals surface area contributed by atoms with Crippen LogP contribution in [-0.2, 0) is 4.74 Å². The molecular formula is C12H12N2O4S. The van der Waals surface area contributed by atoms with E-state index in [9.17, 15) is 9.59 Å². The Labute approximate surface area is 112 Å². The topological polar surface area (TPSA) is 87.7 Å². The summed E-state index contributed by atoms with van der Waals surface area (Å²) in [6.07, 6.45) is -0.523. The average Bonchev–Trinajstić information content (AvgIpc) is 2.81. The number of hydrogen-bond donors (Lipinski definition) is 3. The molecule has 100 valence electrons. The maximum atomic E-state index is 11.3. The first-order valence-electron chi connectivity index (χ1n) is 5.56. The summed E-state index contributed by atoms with van der Waals surface area (Å²) in [5.74, 6) is -0.555. The second kappa shape index (κ2) is 5.68. The molecule has 0 aliphatic carbocycles. The minimum atomic E-state index is -0.555. The Morgan fingerprint density at radius 3 is 2.84 bits per heavy atom. The third-order valence-corrected chi connectivity index (χ3v) is 3.48. The van der Waals surface area contributed by atoms with Crippen LogP contribution in [0.1, 0.15) is 16.6 Å². The minimum Gasteiger partial charge on any atom is -0.450 e. The van der Waals surface area contributed by atoms with Crippen molar-refractivity contribution in [3.05, 3.63) is 29.1 Å². The van der Waals surface area contributed by atoms with E-state index in [-0.39, 0.29) is 0 Å². The molecule has 0 bridgehead atoms. The summed E-state index contributed by atoms with van der Waals surface area (Å²) in [5.41, 5.74) is 2.17. The quantitative estimate of drug-likeness (QED) is 0.595. The number of benzene rings is 1. The largest absolute Gasteiger partial charge is 0.450 e. The van der Waals surface area contributed by atoms with Crippen LogP contribution in [0.3, 0.4) is 0 Å². The Kier molecular flexibility index (Phi) is 3.98. The molecule has 0 saturated heterocycles. The van der Waals surface area contributed by atoms with Crippen molar-refractivity contribution in [1.29, 1.82) is 0 Å². The number of fused-ring (bicyclic) bond motifs is 1. The summed E-state index contributed by atoms with van der Waals surface area (Å²) in [5, 5.41) is 12.0. The van der Waals surface area contributed by atoms with Gasteiger partial charge in [-0.1, -0.05) is 0 Å². The van der Waals surface area contributed by atoms with Gasteiger partial charge in [0.2, 0.25) is 0 Å². The zero-order valence-corrected chi connectivity index (χ0v) is 10.9. The molecule has 2 rings (SSSR count). The normalized spacial score (nSPS) is 10.2. The van der Waals surface area contributed by atoms with Crippen LogP contribution in [-0.4, -0.2) is 23.8 Å². The lowest BCUT2D eigenvalue weighted by Gasteiger charge is -2.04. The summed E-state index contributed by atoms with van der Waals surface area (Å²) in [7, 11) is 0. The van der Waals surface area contributed by atoms with Crippen molar-refractivity contribution in [3.63, 3.8) is 0 Å². The molecular weight excluding hydrogens is 268 g/mol. The first kappa shape index (κ1) is 13.3. The van der Waals surface area contributed by atoms with Crippen molar-refractivity contribution in [2.24, 2.45) is 0 Å². The maximum Gasteiger partial charge on any atom is 0.411 e. The van der Waals surface area contributed by atoms with Crippen LogP contribution in [0.4, 0.5) is 10.5 Å². The van der Waals surface area contributed by atoms with Crippen LogP contribution >= 0.6 is 11.3 Å². The first-order chi connectivity index (χ1) is 9.13. The molecule has 3 N–H and O–H groups in total. The van der Waals surface area contributed by atoms with Gasteiger partial charge in [0, 0.05) is 10.4 Å². The monoisotopic (exact) mass is 280 g/mol. The lowest BCUT2D eigenvalue weighted by molar-refractivity contribution is 0.0711. The Bertz CT molecular complexity index is 623. The molecule has 0 spiro atoms. The van der Waals surface area contributed by atoms with Crippen LogP contribution in [0.2, 0.25) is 0 Å². The second-order valence-corrected chi connectivity index (χ2v) is 4.73. The van der Waals surface area contributed by atoms with E-state index in [1.165, 1.54) is 11.3 Å². The highest BCUT2D eigenvalue weighted by Crippen LogP contribution is 2.28. The average molecular weight is 280 g/mol. The highest BCUT2D eigenvalue weighted by Gasteiger charge is 2.10. The van der Waals surface area contributed by atoms with E-state index < -0.39 is 12.0 Å². The lowest BCUT2D eigenvalue weighted by Crippen LogP contribution is -2.16. The smallest absolute Gasteiger partial charge is 0.411 e. The zero-order chi connectivity index (χ0) is 13.8. The Hall–Kier alpha value is -2.12. The molecule has 2 aromatic rings. The van der Waals surface area contributed by atoms with Crippen LogP contribution in [0.5, 0.6) is 0 Å². The second-order valence-electron chi connectivity index (χ2n) is 3.65. The third-order valence-electron chi connectivity index (χ3n) is 2.36. The number of thiophene rings is 1. The van der Waals surface area contributed by atoms with E-state index in [0.717, 1.165) is 10.1 Å². The predicted molar refractivity (Wildman–Crippen MR) is 71.7 cm³/mol. The standard InChI is InChI=1S/C12H12N2O4S/c1-2-18-12(16)13-8-3-4-9-7(5-8)6-10(19-9)11(15)14-17/h3-6,17H,2H2,1H3,(H,13,16)(H,14,15). The summed E-state index contributed by atoms with van der Waals surface area (Å²) in [6, 6.07) is 6.88. The van der Waals surface area contributed by atoms with Gasteiger partial charge in [0.15, 0.2) is 0 Å². The van der Waals surface area contributed by atoms with Gasteiger partial charge < -0.3 is 4.74 Å². The van der Waals surface area contributed by atoms with Gasteiger partial charge in [-0.3, -0.25) is 15.3 Å². The number of carbonyl (C=O) groups excluding carboxylic acids is 2. The van der Waals surface area contributed by atoms with Crippen LogP contribution in [0.15, 0.2) is 24.3 Å². The van der Waals surface area contributed by atoms with E-state index in [4.69, 9.17) is 9.94 Å². The highest BCUT2D eigenvalue weighted by molar-refractivity contribution is 7.20. The minimum absolute atomic E-state index is 0.299. The number of carbonyl (C=O) groups is 2. The Morgan fingerprint density at radius 1 is 1.37 bits per heavy atom. The molecule has 0 aliphatic heterocycles. The van der Waals surface area contributed by atoms with Crippen molar-refractivity contribution < 1.29 is 19.5 Å². The van der Waals surface area contributed by atoms with E-state index in [1.54, 1.807) is 36.7 Å². The molecule has 6 nitrogen and oxygen atoms in total. The van der Waals surface area contributed by atoms with Gasteiger partial charge in [0.25, 0.3) is 5.91 Å². The number of hydroxylamine groups is 1. The van der Waals surface area contributed by atoms with Crippen molar-refractivity contribution >= 4 is 39.1 Å². The molecule has 0 atom stereocenters. The van der Waals surface area contributed by atoms with Gasteiger partial charge in [-0.2, -0.15) is 0 Å². The number of nitrogens with one attached hydrogen (secondary N) is 2. The summed E-state index contributed by atoms with van der Waals surface area (Å²) in [4.78, 5) is 23.0. The number of amides is 2. The van der Waals surface area contributed by atoms with Gasteiger partial charge >= 0.3 is 6.09 Å². The van der Waals surface area contributed by atoms with Gasteiger partial charge in [-0.25, -0.2) is 10.3 Å². The van der Waals surface area contributed by atoms with Crippen LogP contribution < -0.4 is 10.8 Å². The lowest BCUT2D eigenvalue weighted by atomic mass is 10.2. The molecule has 0 radical (unpaired) electrons. The Balaban J connectivity index is 2.25. The SMILES string of the molecule is CCOC(=O)Nc1ccc2sc(C(=O)NO)cc2c1. The predicted octanol–water partition coefficient (Wildman–Crippen LogP) is 2.59. The fourth-order valence-corrected chi connectivity index (χ4v) is 2.51. The molecule has 1 heterocycles. The van der Waals surface area contributed by atoms with E-state index in [2.05, 4.69) is 5.32 Å². The van der Waals surface area contributed by atoms with Crippen LogP contribution in [0.25, 0.3) is 10.1 Å². The van der Waals surface area contributed by atoms with Gasteiger partial charge in [0.05, 0.1) is 11.5 Å². The number of anilines is 1. The third kappa shape index (κ3) is 3.01. The molecule has 7 heteroatoms. The number of hydrogen-bond acceptors (Lipinski definition) is 5. The fraction of sp³-hybridized carbons (Fsp3) is 0.167. The van der Waals surface area contributed by atoms with Crippen LogP contribution in [0, 0.1) is 0 Å². The molecule has 0 unspecified atom stereocenters.